The van der Waals surface area contributed by atoms with Crippen LogP contribution >= 0.6 is 0 Å². The van der Waals surface area contributed by atoms with Crippen LogP contribution in [0.2, 0.25) is 0 Å². The molecule has 148 valence electrons. The van der Waals surface area contributed by atoms with Gasteiger partial charge in [0.05, 0.1) is 23.8 Å². The predicted octanol–water partition coefficient (Wildman–Crippen LogP) is 3.00. The Morgan fingerprint density at radius 3 is 2.72 bits per heavy atom. The zero-order valence-corrected chi connectivity index (χ0v) is 16.3. The van der Waals surface area contributed by atoms with E-state index in [1.807, 2.05) is 24.3 Å². The lowest BCUT2D eigenvalue weighted by atomic mass is 10.1. The highest BCUT2D eigenvalue weighted by Gasteiger charge is 2.19. The number of carbonyl (C=O) groups is 1. The molecular formula is C20H20N6O3. The van der Waals surface area contributed by atoms with Gasteiger partial charge in [0.25, 0.3) is 11.6 Å². The van der Waals surface area contributed by atoms with Gasteiger partial charge in [-0.15, -0.1) is 5.10 Å². The first kappa shape index (κ1) is 18.6. The number of pyridine rings is 1. The van der Waals surface area contributed by atoms with Gasteiger partial charge < -0.3 is 9.26 Å². The summed E-state index contributed by atoms with van der Waals surface area (Å²) in [4.78, 5) is 21.4. The molecule has 0 saturated heterocycles. The summed E-state index contributed by atoms with van der Waals surface area (Å²) in [5, 5.41) is 14.2. The first-order valence-corrected chi connectivity index (χ1v) is 9.12. The highest BCUT2D eigenvalue weighted by Crippen LogP contribution is 2.22. The molecule has 0 aliphatic rings. The van der Waals surface area contributed by atoms with E-state index in [0.717, 1.165) is 17.7 Å². The molecule has 0 spiro atoms. The minimum absolute atomic E-state index is 0.219. The van der Waals surface area contributed by atoms with Crippen LogP contribution < -0.4 is 10.1 Å². The Kier molecular flexibility index (Phi) is 4.94. The maximum absolute atomic E-state index is 12.8. The zero-order chi connectivity index (χ0) is 20.4. The van der Waals surface area contributed by atoms with Crippen molar-refractivity contribution < 1.29 is 14.1 Å². The minimum atomic E-state index is -0.340. The summed E-state index contributed by atoms with van der Waals surface area (Å²) >= 11 is 0. The fourth-order valence-electron chi connectivity index (χ4n) is 3.08. The number of nitrogens with one attached hydrogen (secondary N) is 2. The molecule has 0 atom stereocenters. The topological polar surface area (TPSA) is 119 Å². The summed E-state index contributed by atoms with van der Waals surface area (Å²) < 4.78 is 10.3. The average Bonchev–Trinajstić information content (AvgIpc) is 3.32. The molecule has 4 aromatic rings. The molecule has 2 N–H and O–H groups in total. The normalized spacial score (nSPS) is 11.0. The number of ether oxygens (including phenoxy) is 1. The number of amides is 1. The highest BCUT2D eigenvalue weighted by molar-refractivity contribution is 6.11. The van der Waals surface area contributed by atoms with Crippen LogP contribution in [0.5, 0.6) is 5.75 Å². The molecule has 3 aromatic heterocycles. The molecule has 0 saturated carbocycles. The van der Waals surface area contributed by atoms with Crippen molar-refractivity contribution in [2.75, 3.05) is 12.4 Å². The fraction of sp³-hybridized carbons (Fsp3) is 0.250. The Balaban J connectivity index is 1.45. The average molecular weight is 392 g/mol. The molecule has 3 heterocycles. The summed E-state index contributed by atoms with van der Waals surface area (Å²) in [7, 11) is 1.64. The van der Waals surface area contributed by atoms with E-state index in [4.69, 9.17) is 9.26 Å². The van der Waals surface area contributed by atoms with E-state index < -0.39 is 0 Å². The van der Waals surface area contributed by atoms with Crippen molar-refractivity contribution in [3.05, 3.63) is 58.7 Å². The molecule has 0 aliphatic carbocycles. The molecule has 0 radical (unpaired) electrons. The lowest BCUT2D eigenvalue weighted by molar-refractivity contribution is 0.102. The minimum Gasteiger partial charge on any atom is -0.497 e. The van der Waals surface area contributed by atoms with Crippen LogP contribution in [0, 0.1) is 13.8 Å². The van der Waals surface area contributed by atoms with Gasteiger partial charge in [-0.1, -0.05) is 17.3 Å². The Morgan fingerprint density at radius 1 is 1.17 bits per heavy atom. The van der Waals surface area contributed by atoms with E-state index >= 15 is 0 Å². The molecule has 29 heavy (non-hydrogen) atoms. The van der Waals surface area contributed by atoms with Gasteiger partial charge in [0.1, 0.15) is 11.6 Å². The number of aryl methyl sites for hydroxylation is 4. The Bertz CT molecular complexity index is 1160. The van der Waals surface area contributed by atoms with E-state index in [1.165, 1.54) is 0 Å². The Morgan fingerprint density at radius 2 is 1.97 bits per heavy atom. The number of anilines is 1. The van der Waals surface area contributed by atoms with Crippen LogP contribution in [0.25, 0.3) is 11.1 Å². The summed E-state index contributed by atoms with van der Waals surface area (Å²) in [6.45, 7) is 3.56. The van der Waals surface area contributed by atoms with Gasteiger partial charge in [-0.25, -0.2) is 4.98 Å². The maximum atomic E-state index is 12.8. The number of fused-ring (bicyclic) bond motifs is 1. The lowest BCUT2D eigenvalue weighted by Gasteiger charge is -2.04. The lowest BCUT2D eigenvalue weighted by Crippen LogP contribution is -2.14. The van der Waals surface area contributed by atoms with Crippen molar-refractivity contribution in [3.63, 3.8) is 0 Å². The zero-order valence-electron chi connectivity index (χ0n) is 16.3. The molecule has 0 aliphatic heterocycles. The number of aromatic amines is 1. The first-order valence-electron chi connectivity index (χ1n) is 9.12. The van der Waals surface area contributed by atoms with Crippen LogP contribution in [-0.4, -0.2) is 38.3 Å². The smallest absolute Gasteiger partial charge is 0.259 e. The van der Waals surface area contributed by atoms with Gasteiger partial charge in [-0.2, -0.15) is 4.98 Å². The second kappa shape index (κ2) is 7.70. The van der Waals surface area contributed by atoms with Crippen LogP contribution in [0.3, 0.4) is 0 Å². The first-order chi connectivity index (χ1) is 14.0. The Hall–Kier alpha value is -3.75. The quantitative estimate of drug-likeness (QED) is 0.518. The number of hydrogen-bond acceptors (Lipinski definition) is 7. The SMILES string of the molecule is COc1ccc(CCc2nc(NC(=O)c3cc(C)nc4onc(C)c34)n[nH]2)cc1. The number of rotatable bonds is 6. The number of nitrogens with zero attached hydrogens (tertiary/aromatic N) is 4. The van der Waals surface area contributed by atoms with Gasteiger partial charge in [0.2, 0.25) is 5.95 Å². The highest BCUT2D eigenvalue weighted by atomic mass is 16.5. The predicted molar refractivity (Wildman–Crippen MR) is 106 cm³/mol. The summed E-state index contributed by atoms with van der Waals surface area (Å²) in [6, 6.07) is 9.56. The number of H-pyrrole nitrogens is 1. The van der Waals surface area contributed by atoms with Gasteiger partial charge >= 0.3 is 0 Å². The molecule has 1 amide bonds. The van der Waals surface area contributed by atoms with E-state index in [9.17, 15) is 4.79 Å². The maximum Gasteiger partial charge on any atom is 0.259 e. The number of methoxy groups -OCH3 is 1. The third kappa shape index (κ3) is 3.93. The van der Waals surface area contributed by atoms with Gasteiger partial charge in [-0.3, -0.25) is 15.2 Å². The summed E-state index contributed by atoms with van der Waals surface area (Å²) in [5.41, 5.74) is 3.19. The third-order valence-electron chi connectivity index (χ3n) is 4.56. The van der Waals surface area contributed by atoms with E-state index in [0.29, 0.717) is 40.3 Å². The molecular weight excluding hydrogens is 372 g/mol. The third-order valence-corrected chi connectivity index (χ3v) is 4.56. The van der Waals surface area contributed by atoms with E-state index in [1.54, 1.807) is 27.0 Å². The second-order valence-corrected chi connectivity index (χ2v) is 6.67. The van der Waals surface area contributed by atoms with Crippen LogP contribution in [-0.2, 0) is 12.8 Å². The van der Waals surface area contributed by atoms with Crippen LogP contribution in [0.1, 0.15) is 33.1 Å². The van der Waals surface area contributed by atoms with Gasteiger partial charge in [0, 0.05) is 12.1 Å². The van der Waals surface area contributed by atoms with Crippen molar-refractivity contribution in [2.45, 2.75) is 26.7 Å². The molecule has 0 bridgehead atoms. The van der Waals surface area contributed by atoms with E-state index in [2.05, 4.69) is 30.6 Å². The number of hydrogen-bond donors (Lipinski definition) is 2. The molecule has 9 heteroatoms. The number of carbonyl (C=O) groups excluding carboxylic acids is 1. The van der Waals surface area contributed by atoms with E-state index in [-0.39, 0.29) is 11.9 Å². The number of aromatic nitrogens is 5. The molecule has 0 fully saturated rings. The molecule has 0 unspecified atom stereocenters. The monoisotopic (exact) mass is 392 g/mol. The Labute approximate surface area is 166 Å². The van der Waals surface area contributed by atoms with Crippen LogP contribution in [0.4, 0.5) is 5.95 Å². The summed E-state index contributed by atoms with van der Waals surface area (Å²) in [5.74, 6) is 1.39. The molecule has 9 nitrogen and oxygen atoms in total. The molecule has 4 rings (SSSR count). The summed E-state index contributed by atoms with van der Waals surface area (Å²) in [6.07, 6.45) is 1.45. The van der Waals surface area contributed by atoms with Crippen molar-refractivity contribution in [1.29, 1.82) is 0 Å². The van der Waals surface area contributed by atoms with Crippen molar-refractivity contribution in [2.24, 2.45) is 0 Å². The molecule has 1 aromatic carbocycles. The second-order valence-electron chi connectivity index (χ2n) is 6.67. The van der Waals surface area contributed by atoms with Crippen molar-refractivity contribution in [1.82, 2.24) is 25.3 Å². The van der Waals surface area contributed by atoms with Crippen molar-refractivity contribution >= 4 is 23.0 Å². The largest absolute Gasteiger partial charge is 0.497 e. The standard InChI is InChI=1S/C20H20N6O3/c1-11-10-15(17-12(2)26-29-19(17)21-11)18(27)23-20-22-16(24-25-20)9-6-13-4-7-14(28-3)8-5-13/h4-5,7-8,10H,6,9H2,1-3H3,(H2,22,23,24,25,27). The fourth-order valence-corrected chi connectivity index (χ4v) is 3.08. The van der Waals surface area contributed by atoms with Crippen LogP contribution in [0.15, 0.2) is 34.9 Å². The van der Waals surface area contributed by atoms with Gasteiger partial charge in [0.15, 0.2) is 0 Å². The number of benzene rings is 1. The van der Waals surface area contributed by atoms with Gasteiger partial charge in [-0.05, 0) is 44.0 Å². The van der Waals surface area contributed by atoms with Crippen molar-refractivity contribution in [3.8, 4) is 5.75 Å².